The van der Waals surface area contributed by atoms with Crippen LogP contribution in [0, 0.1) is 0 Å². The van der Waals surface area contributed by atoms with Crippen molar-refractivity contribution >= 4 is 5.91 Å². The van der Waals surface area contributed by atoms with Crippen LogP contribution in [-0.2, 0) is 17.8 Å². The van der Waals surface area contributed by atoms with E-state index >= 15 is 0 Å². The number of methoxy groups -OCH3 is 2. The maximum atomic E-state index is 13.2. The first-order chi connectivity index (χ1) is 14.2. The van der Waals surface area contributed by atoms with Gasteiger partial charge >= 0.3 is 0 Å². The number of amides is 1. The van der Waals surface area contributed by atoms with Gasteiger partial charge in [-0.2, -0.15) is 0 Å². The van der Waals surface area contributed by atoms with Gasteiger partial charge in [0.2, 0.25) is 5.91 Å². The van der Waals surface area contributed by atoms with Gasteiger partial charge in [-0.3, -0.25) is 4.79 Å². The molecule has 0 bridgehead atoms. The van der Waals surface area contributed by atoms with Gasteiger partial charge in [-0.1, -0.05) is 36.4 Å². The highest BCUT2D eigenvalue weighted by Gasteiger charge is 2.31. The molecule has 1 aliphatic heterocycles. The first-order valence-electron chi connectivity index (χ1n) is 9.91. The van der Waals surface area contributed by atoms with E-state index in [0.29, 0.717) is 30.9 Å². The topological polar surface area (TPSA) is 43.7 Å². The lowest BCUT2D eigenvalue weighted by Crippen LogP contribution is -2.42. The van der Waals surface area contributed by atoms with E-state index in [1.807, 2.05) is 41.3 Å². The summed E-state index contributed by atoms with van der Waals surface area (Å²) >= 11 is 0. The Morgan fingerprint density at radius 3 is 2.52 bits per heavy atom. The van der Waals surface area contributed by atoms with Gasteiger partial charge in [0.15, 0.2) is 11.5 Å². The number of benzene rings is 2. The molecule has 0 saturated heterocycles. The molecular weight excluding hydrogens is 364 g/mol. The molecule has 150 valence electrons. The third-order valence-corrected chi connectivity index (χ3v) is 5.55. The minimum atomic E-state index is -0.0437. The first-order valence-corrected chi connectivity index (χ1v) is 9.91. The van der Waals surface area contributed by atoms with Crippen molar-refractivity contribution in [3.63, 3.8) is 0 Å². The van der Waals surface area contributed by atoms with Gasteiger partial charge in [0.1, 0.15) is 0 Å². The zero-order chi connectivity index (χ0) is 20.2. The maximum Gasteiger partial charge on any atom is 0.223 e. The molecule has 0 fully saturated rings. The van der Waals surface area contributed by atoms with E-state index in [0.717, 1.165) is 17.7 Å². The minimum Gasteiger partial charge on any atom is -0.493 e. The molecule has 5 heteroatoms. The molecule has 2 heterocycles. The van der Waals surface area contributed by atoms with Crippen molar-refractivity contribution < 1.29 is 14.3 Å². The highest BCUT2D eigenvalue weighted by molar-refractivity contribution is 5.77. The summed E-state index contributed by atoms with van der Waals surface area (Å²) in [6.07, 6.45) is 3.22. The molecular formula is C24H26N2O3. The highest BCUT2D eigenvalue weighted by Crippen LogP contribution is 2.33. The van der Waals surface area contributed by atoms with E-state index in [9.17, 15) is 4.79 Å². The van der Waals surface area contributed by atoms with Crippen LogP contribution in [0.5, 0.6) is 11.5 Å². The van der Waals surface area contributed by atoms with Gasteiger partial charge in [-0.15, -0.1) is 0 Å². The molecule has 0 radical (unpaired) electrons. The number of aryl methyl sites for hydroxylation is 1. The van der Waals surface area contributed by atoms with Crippen molar-refractivity contribution in [2.45, 2.75) is 25.4 Å². The Morgan fingerprint density at radius 2 is 1.76 bits per heavy atom. The fourth-order valence-corrected chi connectivity index (χ4v) is 4.07. The SMILES string of the molecule is COc1ccc(CCC(=O)N2CCn3cccc3C2c2ccccc2)cc1OC. The van der Waals surface area contributed by atoms with Gasteiger partial charge in [-0.05, 0) is 41.8 Å². The van der Waals surface area contributed by atoms with Gasteiger partial charge in [0.25, 0.3) is 0 Å². The van der Waals surface area contributed by atoms with E-state index in [1.165, 1.54) is 5.69 Å². The third-order valence-electron chi connectivity index (χ3n) is 5.55. The lowest BCUT2D eigenvalue weighted by atomic mass is 9.99. The number of aromatic nitrogens is 1. The summed E-state index contributed by atoms with van der Waals surface area (Å²) in [6, 6.07) is 20.2. The van der Waals surface area contributed by atoms with Crippen LogP contribution in [0.3, 0.4) is 0 Å². The van der Waals surface area contributed by atoms with Crippen LogP contribution in [-0.4, -0.2) is 36.1 Å². The minimum absolute atomic E-state index is 0.0437. The summed E-state index contributed by atoms with van der Waals surface area (Å²) in [7, 11) is 3.25. The number of hydrogen-bond donors (Lipinski definition) is 0. The predicted molar refractivity (Wildman–Crippen MR) is 112 cm³/mol. The highest BCUT2D eigenvalue weighted by atomic mass is 16.5. The smallest absolute Gasteiger partial charge is 0.223 e. The molecule has 1 atom stereocenters. The Hall–Kier alpha value is -3.21. The molecule has 1 aromatic heterocycles. The molecule has 0 spiro atoms. The van der Waals surface area contributed by atoms with E-state index in [2.05, 4.69) is 35.0 Å². The number of hydrogen-bond acceptors (Lipinski definition) is 3. The number of fused-ring (bicyclic) bond motifs is 1. The summed E-state index contributed by atoms with van der Waals surface area (Å²) in [6.45, 7) is 1.54. The van der Waals surface area contributed by atoms with Crippen LogP contribution in [0.25, 0.3) is 0 Å². The van der Waals surface area contributed by atoms with E-state index in [1.54, 1.807) is 14.2 Å². The van der Waals surface area contributed by atoms with Gasteiger partial charge in [-0.25, -0.2) is 0 Å². The van der Waals surface area contributed by atoms with E-state index in [4.69, 9.17) is 9.47 Å². The van der Waals surface area contributed by atoms with Crippen molar-refractivity contribution in [3.05, 3.63) is 83.7 Å². The van der Waals surface area contributed by atoms with Gasteiger partial charge in [0.05, 0.1) is 20.3 Å². The number of nitrogens with zero attached hydrogens (tertiary/aromatic N) is 2. The van der Waals surface area contributed by atoms with Crippen molar-refractivity contribution in [3.8, 4) is 11.5 Å². The Balaban J connectivity index is 1.53. The number of carbonyl (C=O) groups is 1. The molecule has 5 nitrogen and oxygen atoms in total. The molecule has 3 aromatic rings. The zero-order valence-corrected chi connectivity index (χ0v) is 16.9. The van der Waals surface area contributed by atoms with Crippen molar-refractivity contribution in [2.24, 2.45) is 0 Å². The van der Waals surface area contributed by atoms with Crippen molar-refractivity contribution in [2.75, 3.05) is 20.8 Å². The predicted octanol–water partition coefficient (Wildman–Crippen LogP) is 4.07. The van der Waals surface area contributed by atoms with Crippen LogP contribution in [0.1, 0.15) is 29.3 Å². The average molecular weight is 390 g/mol. The summed E-state index contributed by atoms with van der Waals surface area (Å²) in [5.74, 6) is 1.56. The molecule has 0 aliphatic carbocycles. The number of carbonyl (C=O) groups excluding carboxylic acids is 1. The van der Waals surface area contributed by atoms with Crippen LogP contribution in [0.4, 0.5) is 0 Å². The van der Waals surface area contributed by atoms with Crippen LogP contribution in [0.2, 0.25) is 0 Å². The summed E-state index contributed by atoms with van der Waals surface area (Å²) in [5.41, 5.74) is 3.38. The Kier molecular flexibility index (Phi) is 5.56. The van der Waals surface area contributed by atoms with Crippen LogP contribution >= 0.6 is 0 Å². The number of ether oxygens (including phenoxy) is 2. The van der Waals surface area contributed by atoms with Crippen LogP contribution < -0.4 is 9.47 Å². The van der Waals surface area contributed by atoms with Crippen molar-refractivity contribution in [1.29, 1.82) is 0 Å². The molecule has 1 unspecified atom stereocenters. The molecule has 1 aliphatic rings. The summed E-state index contributed by atoms with van der Waals surface area (Å²) in [4.78, 5) is 15.2. The average Bonchev–Trinajstić information content (AvgIpc) is 3.26. The fraction of sp³-hybridized carbons (Fsp3) is 0.292. The van der Waals surface area contributed by atoms with E-state index in [-0.39, 0.29) is 11.9 Å². The second-order valence-corrected chi connectivity index (χ2v) is 7.22. The Bertz CT molecular complexity index is 981. The zero-order valence-electron chi connectivity index (χ0n) is 16.9. The fourth-order valence-electron chi connectivity index (χ4n) is 4.07. The second kappa shape index (κ2) is 8.43. The Morgan fingerprint density at radius 1 is 0.966 bits per heavy atom. The molecule has 2 aromatic carbocycles. The first kappa shape index (κ1) is 19.1. The van der Waals surface area contributed by atoms with Crippen molar-refractivity contribution in [1.82, 2.24) is 9.47 Å². The number of rotatable bonds is 6. The molecule has 0 N–H and O–H groups in total. The summed E-state index contributed by atoms with van der Waals surface area (Å²) in [5, 5.41) is 0. The monoisotopic (exact) mass is 390 g/mol. The second-order valence-electron chi connectivity index (χ2n) is 7.22. The molecule has 0 saturated carbocycles. The lowest BCUT2D eigenvalue weighted by Gasteiger charge is -2.37. The lowest BCUT2D eigenvalue weighted by molar-refractivity contribution is -0.133. The van der Waals surface area contributed by atoms with Crippen LogP contribution in [0.15, 0.2) is 66.9 Å². The molecule has 1 amide bonds. The summed E-state index contributed by atoms with van der Waals surface area (Å²) < 4.78 is 12.9. The third kappa shape index (κ3) is 3.86. The quantitative estimate of drug-likeness (QED) is 0.637. The molecule has 4 rings (SSSR count). The molecule has 29 heavy (non-hydrogen) atoms. The normalized spacial score (nSPS) is 15.7. The largest absolute Gasteiger partial charge is 0.493 e. The van der Waals surface area contributed by atoms with Gasteiger partial charge < -0.3 is 18.9 Å². The Labute approximate surface area is 171 Å². The maximum absolute atomic E-state index is 13.2. The van der Waals surface area contributed by atoms with Gasteiger partial charge in [0, 0.05) is 31.4 Å². The standard InChI is InChI=1S/C24H26N2O3/c1-28-21-12-10-18(17-22(21)29-2)11-13-23(27)26-16-15-25-14-6-9-20(25)24(26)19-7-4-3-5-8-19/h3-10,12,14,17,24H,11,13,15-16H2,1-2H3. The van der Waals surface area contributed by atoms with E-state index < -0.39 is 0 Å².